The maximum Gasteiger partial charge on any atom is 0.233 e. The van der Waals surface area contributed by atoms with Crippen LogP contribution in [0.4, 0.5) is 14.5 Å². The first-order chi connectivity index (χ1) is 14.2. The molecule has 0 N–H and O–H groups in total. The lowest BCUT2D eigenvalue weighted by Crippen LogP contribution is -2.46. The third-order valence-corrected chi connectivity index (χ3v) is 6.29. The fraction of sp³-hybridized carbons (Fsp3) is 0.478. The molecule has 1 amide bonds. The molecule has 1 aromatic carbocycles. The number of carbonyl (C=O) groups is 2. The molecule has 1 saturated carbocycles. The number of nitrogens with zero attached hydrogens (tertiary/aromatic N) is 3. The molecule has 3 atom stereocenters. The average molecular weight is 413 g/mol. The Morgan fingerprint density at radius 2 is 1.97 bits per heavy atom. The van der Waals surface area contributed by atoms with E-state index in [1.807, 2.05) is 0 Å². The number of amides is 1. The van der Waals surface area contributed by atoms with E-state index < -0.39 is 11.1 Å². The SMILES string of the molecule is Cc1nccc(C(=O)CC2CC(C)(F)CC3(CCN(c4ccc(F)cc4)C3=O)C2)n1. The largest absolute Gasteiger partial charge is 0.312 e. The van der Waals surface area contributed by atoms with Gasteiger partial charge in [-0.15, -0.1) is 0 Å². The Morgan fingerprint density at radius 3 is 2.67 bits per heavy atom. The van der Waals surface area contributed by atoms with Crippen molar-refractivity contribution in [2.75, 3.05) is 11.4 Å². The first-order valence-electron chi connectivity index (χ1n) is 10.3. The smallest absolute Gasteiger partial charge is 0.233 e. The molecule has 5 nitrogen and oxygen atoms in total. The number of hydrogen-bond acceptors (Lipinski definition) is 4. The van der Waals surface area contributed by atoms with Crippen molar-refractivity contribution in [3.63, 3.8) is 0 Å². The van der Waals surface area contributed by atoms with E-state index in [1.165, 1.54) is 25.3 Å². The van der Waals surface area contributed by atoms with E-state index in [9.17, 15) is 14.0 Å². The lowest BCUT2D eigenvalue weighted by Gasteiger charge is -2.43. The number of aromatic nitrogens is 2. The van der Waals surface area contributed by atoms with Gasteiger partial charge in [-0.05, 0) is 75.8 Å². The van der Waals surface area contributed by atoms with Crippen molar-refractivity contribution in [3.8, 4) is 0 Å². The molecule has 1 aromatic heterocycles. The Hall–Kier alpha value is -2.70. The van der Waals surface area contributed by atoms with Crippen molar-refractivity contribution < 1.29 is 18.4 Å². The van der Waals surface area contributed by atoms with Crippen LogP contribution in [0.1, 0.15) is 55.3 Å². The Balaban J connectivity index is 1.54. The van der Waals surface area contributed by atoms with Crippen molar-refractivity contribution in [1.29, 1.82) is 0 Å². The van der Waals surface area contributed by atoms with E-state index in [-0.39, 0.29) is 42.7 Å². The summed E-state index contributed by atoms with van der Waals surface area (Å²) in [6.45, 7) is 3.70. The predicted molar refractivity (Wildman–Crippen MR) is 108 cm³/mol. The van der Waals surface area contributed by atoms with Gasteiger partial charge in [0.2, 0.25) is 5.91 Å². The lowest BCUT2D eigenvalue weighted by atomic mass is 9.63. The van der Waals surface area contributed by atoms with Gasteiger partial charge in [0.05, 0.1) is 5.41 Å². The highest BCUT2D eigenvalue weighted by Crippen LogP contribution is 2.53. The van der Waals surface area contributed by atoms with Crippen molar-refractivity contribution in [1.82, 2.24) is 9.97 Å². The van der Waals surface area contributed by atoms with E-state index in [2.05, 4.69) is 9.97 Å². The number of anilines is 1. The van der Waals surface area contributed by atoms with Gasteiger partial charge in [-0.2, -0.15) is 0 Å². The first-order valence-corrected chi connectivity index (χ1v) is 10.3. The summed E-state index contributed by atoms with van der Waals surface area (Å²) < 4.78 is 28.6. The molecule has 158 valence electrons. The average Bonchev–Trinajstić information content (AvgIpc) is 2.96. The van der Waals surface area contributed by atoms with Crippen molar-refractivity contribution in [3.05, 3.63) is 53.9 Å². The van der Waals surface area contributed by atoms with Crippen LogP contribution in [0.25, 0.3) is 0 Å². The summed E-state index contributed by atoms with van der Waals surface area (Å²) in [4.78, 5) is 35.9. The third-order valence-electron chi connectivity index (χ3n) is 6.29. The quantitative estimate of drug-likeness (QED) is 0.695. The Kier molecular flexibility index (Phi) is 5.16. The predicted octanol–water partition coefficient (Wildman–Crippen LogP) is 4.45. The van der Waals surface area contributed by atoms with E-state index in [1.54, 1.807) is 30.0 Å². The molecule has 0 radical (unpaired) electrons. The molecule has 4 rings (SSSR count). The van der Waals surface area contributed by atoms with Gasteiger partial charge in [0, 0.05) is 24.8 Å². The van der Waals surface area contributed by atoms with Crippen LogP contribution in [-0.4, -0.2) is 33.9 Å². The van der Waals surface area contributed by atoms with Crippen LogP contribution in [0, 0.1) is 24.1 Å². The Bertz CT molecular complexity index is 977. The highest BCUT2D eigenvalue weighted by atomic mass is 19.1. The number of carbonyl (C=O) groups excluding carboxylic acids is 2. The number of Topliss-reactive ketones (excluding diaryl/α,β-unsaturated/α-hetero) is 1. The van der Waals surface area contributed by atoms with Crippen LogP contribution in [-0.2, 0) is 4.79 Å². The van der Waals surface area contributed by atoms with Crippen LogP contribution < -0.4 is 4.90 Å². The van der Waals surface area contributed by atoms with Crippen LogP contribution in [0.5, 0.6) is 0 Å². The van der Waals surface area contributed by atoms with Gasteiger partial charge >= 0.3 is 0 Å². The third kappa shape index (κ3) is 3.98. The van der Waals surface area contributed by atoms with Crippen molar-refractivity contribution in [2.24, 2.45) is 11.3 Å². The Labute approximate surface area is 174 Å². The van der Waals surface area contributed by atoms with Crippen LogP contribution >= 0.6 is 0 Å². The van der Waals surface area contributed by atoms with E-state index in [0.717, 1.165) is 0 Å². The highest BCUT2D eigenvalue weighted by molar-refractivity contribution is 6.00. The topological polar surface area (TPSA) is 63.2 Å². The second-order valence-corrected chi connectivity index (χ2v) is 8.94. The Morgan fingerprint density at radius 1 is 1.23 bits per heavy atom. The minimum atomic E-state index is -1.53. The van der Waals surface area contributed by atoms with Crippen LogP contribution in [0.2, 0.25) is 0 Å². The first kappa shape index (κ1) is 20.6. The standard InChI is InChI=1S/C23H25F2N3O2/c1-15-26-9-7-19(27-15)20(29)11-16-12-22(2,25)14-23(13-16)8-10-28(21(23)30)18-5-3-17(24)4-6-18/h3-7,9,16H,8,10-14H2,1-2H3. The van der Waals surface area contributed by atoms with Gasteiger partial charge in [-0.25, -0.2) is 18.7 Å². The second-order valence-electron chi connectivity index (χ2n) is 8.94. The van der Waals surface area contributed by atoms with Gasteiger partial charge < -0.3 is 4.90 Å². The van der Waals surface area contributed by atoms with E-state index in [0.29, 0.717) is 36.6 Å². The molecule has 1 aliphatic heterocycles. The lowest BCUT2D eigenvalue weighted by molar-refractivity contribution is -0.132. The summed E-state index contributed by atoms with van der Waals surface area (Å²) >= 11 is 0. The zero-order valence-electron chi connectivity index (χ0n) is 17.2. The molecule has 2 heterocycles. The van der Waals surface area contributed by atoms with E-state index in [4.69, 9.17) is 0 Å². The fourth-order valence-corrected chi connectivity index (χ4v) is 5.24. The molecule has 2 aromatic rings. The minimum Gasteiger partial charge on any atom is -0.312 e. The molecule has 7 heteroatoms. The molecule has 0 bridgehead atoms. The van der Waals surface area contributed by atoms with Crippen LogP contribution in [0.15, 0.2) is 36.5 Å². The number of benzene rings is 1. The van der Waals surface area contributed by atoms with Crippen molar-refractivity contribution >= 4 is 17.4 Å². The summed E-state index contributed by atoms with van der Waals surface area (Å²) in [5, 5.41) is 0. The van der Waals surface area contributed by atoms with Gasteiger partial charge in [0.1, 0.15) is 23.0 Å². The van der Waals surface area contributed by atoms with Gasteiger partial charge in [0.15, 0.2) is 5.78 Å². The fourth-order valence-electron chi connectivity index (χ4n) is 5.24. The molecule has 30 heavy (non-hydrogen) atoms. The number of halogens is 2. The number of rotatable bonds is 4. The highest BCUT2D eigenvalue weighted by Gasteiger charge is 2.55. The molecule has 2 fully saturated rings. The van der Waals surface area contributed by atoms with Gasteiger partial charge in [0.25, 0.3) is 0 Å². The summed E-state index contributed by atoms with van der Waals surface area (Å²) in [6.07, 6.45) is 3.08. The van der Waals surface area contributed by atoms with Gasteiger partial charge in [-0.1, -0.05) is 0 Å². The number of ketones is 1. The molecule has 2 aliphatic rings. The number of alkyl halides is 1. The molecule has 1 spiro atoms. The summed E-state index contributed by atoms with van der Waals surface area (Å²) in [5.74, 6) is -0.384. The summed E-state index contributed by atoms with van der Waals surface area (Å²) in [7, 11) is 0. The second kappa shape index (κ2) is 7.52. The maximum absolute atomic E-state index is 15.3. The molecular formula is C23H25F2N3O2. The molecule has 1 aliphatic carbocycles. The zero-order valence-corrected chi connectivity index (χ0v) is 17.2. The minimum absolute atomic E-state index is 0.131. The number of aryl methyl sites for hydroxylation is 1. The normalized spacial score (nSPS) is 28.9. The maximum atomic E-state index is 15.3. The molecule has 1 saturated heterocycles. The monoisotopic (exact) mass is 413 g/mol. The molecule has 3 unspecified atom stereocenters. The molecular weight excluding hydrogens is 388 g/mol. The van der Waals surface area contributed by atoms with Crippen molar-refractivity contribution in [2.45, 2.75) is 51.6 Å². The number of hydrogen-bond donors (Lipinski definition) is 0. The summed E-state index contributed by atoms with van der Waals surface area (Å²) in [6, 6.07) is 7.35. The summed E-state index contributed by atoms with van der Waals surface area (Å²) in [5.41, 5.74) is -1.41. The zero-order chi connectivity index (χ0) is 21.5. The van der Waals surface area contributed by atoms with Crippen LogP contribution in [0.3, 0.4) is 0 Å². The van der Waals surface area contributed by atoms with Gasteiger partial charge in [-0.3, -0.25) is 9.59 Å². The van der Waals surface area contributed by atoms with E-state index >= 15 is 4.39 Å².